The number of carbonyl (C=O) groups excluding carboxylic acids is 2. The SMILES string of the molecule is COCCOc1cc2ncnc(NC3=CC(=O)C(Oc4ccc(SC)cc4)=CC3=O)c2cc1OC. The molecule has 2 aromatic carbocycles. The zero-order chi connectivity index (χ0) is 24.8. The number of fused-ring (bicyclic) bond motifs is 1. The predicted molar refractivity (Wildman–Crippen MR) is 132 cm³/mol. The average molecular weight is 494 g/mol. The number of hydrogen-bond donors (Lipinski definition) is 1. The Bertz CT molecular complexity index is 1320. The van der Waals surface area contributed by atoms with E-state index in [1.54, 1.807) is 43.1 Å². The Balaban J connectivity index is 1.55. The summed E-state index contributed by atoms with van der Waals surface area (Å²) >= 11 is 1.59. The van der Waals surface area contributed by atoms with Crippen LogP contribution in [0.4, 0.5) is 5.82 Å². The van der Waals surface area contributed by atoms with Crippen molar-refractivity contribution in [2.75, 3.05) is 39.0 Å². The fraction of sp³-hybridized carbons (Fsp3) is 0.200. The van der Waals surface area contributed by atoms with Crippen LogP contribution < -0.4 is 19.5 Å². The van der Waals surface area contributed by atoms with E-state index in [1.165, 1.54) is 25.6 Å². The van der Waals surface area contributed by atoms with Crippen molar-refractivity contribution in [1.29, 1.82) is 0 Å². The van der Waals surface area contributed by atoms with Gasteiger partial charge in [0.15, 0.2) is 17.3 Å². The van der Waals surface area contributed by atoms with E-state index in [9.17, 15) is 9.59 Å². The minimum Gasteiger partial charge on any atom is -0.493 e. The van der Waals surface area contributed by atoms with Crippen LogP contribution in [0.1, 0.15) is 0 Å². The maximum absolute atomic E-state index is 12.8. The van der Waals surface area contributed by atoms with Crippen LogP contribution in [-0.4, -0.2) is 55.2 Å². The summed E-state index contributed by atoms with van der Waals surface area (Å²) in [5.41, 5.74) is 0.638. The normalized spacial score (nSPS) is 13.3. The van der Waals surface area contributed by atoms with Crippen molar-refractivity contribution in [2.24, 2.45) is 0 Å². The molecule has 0 aliphatic heterocycles. The number of benzene rings is 2. The second kappa shape index (κ2) is 11.0. The summed E-state index contributed by atoms with van der Waals surface area (Å²) in [7, 11) is 3.11. The molecular formula is C25H23N3O6S. The summed E-state index contributed by atoms with van der Waals surface area (Å²) in [5, 5.41) is 3.53. The van der Waals surface area contributed by atoms with Crippen LogP contribution >= 0.6 is 11.8 Å². The van der Waals surface area contributed by atoms with Gasteiger partial charge in [0.2, 0.25) is 11.6 Å². The third kappa shape index (κ3) is 5.61. The molecule has 0 radical (unpaired) electrons. The summed E-state index contributed by atoms with van der Waals surface area (Å²) in [6, 6.07) is 10.7. The van der Waals surface area contributed by atoms with Crippen molar-refractivity contribution in [3.63, 3.8) is 0 Å². The Morgan fingerprint density at radius 1 is 0.943 bits per heavy atom. The highest BCUT2D eigenvalue weighted by molar-refractivity contribution is 7.98. The highest BCUT2D eigenvalue weighted by Gasteiger charge is 2.23. The number of ether oxygens (including phenoxy) is 4. The van der Waals surface area contributed by atoms with E-state index >= 15 is 0 Å². The number of hydrogen-bond acceptors (Lipinski definition) is 10. The monoisotopic (exact) mass is 493 g/mol. The lowest BCUT2D eigenvalue weighted by Crippen LogP contribution is -2.21. The number of methoxy groups -OCH3 is 2. The highest BCUT2D eigenvalue weighted by Crippen LogP contribution is 2.34. The molecule has 0 amide bonds. The van der Waals surface area contributed by atoms with Crippen molar-refractivity contribution in [2.45, 2.75) is 4.90 Å². The molecule has 0 fully saturated rings. The van der Waals surface area contributed by atoms with Gasteiger partial charge in [-0.25, -0.2) is 9.97 Å². The van der Waals surface area contributed by atoms with Crippen LogP contribution in [0.15, 0.2) is 71.2 Å². The van der Waals surface area contributed by atoms with Crippen LogP contribution in [0.2, 0.25) is 0 Å². The molecule has 0 atom stereocenters. The molecule has 1 aromatic heterocycles. The van der Waals surface area contributed by atoms with Crippen LogP contribution in [0.25, 0.3) is 10.9 Å². The number of aromatic nitrogens is 2. The van der Waals surface area contributed by atoms with Gasteiger partial charge in [0.05, 0.1) is 24.9 Å². The van der Waals surface area contributed by atoms with E-state index in [0.717, 1.165) is 4.90 Å². The van der Waals surface area contributed by atoms with Crippen molar-refractivity contribution >= 4 is 40.0 Å². The van der Waals surface area contributed by atoms with Crippen molar-refractivity contribution in [3.8, 4) is 17.2 Å². The zero-order valence-corrected chi connectivity index (χ0v) is 20.2. The Hall–Kier alpha value is -3.89. The maximum atomic E-state index is 12.8. The maximum Gasteiger partial charge on any atom is 0.223 e. The number of carbonyl (C=O) groups is 2. The van der Waals surface area contributed by atoms with Gasteiger partial charge < -0.3 is 24.3 Å². The molecule has 1 heterocycles. The minimum atomic E-state index is -0.439. The first-order chi connectivity index (χ1) is 17.0. The van der Waals surface area contributed by atoms with Crippen molar-refractivity contribution in [3.05, 3.63) is 66.3 Å². The molecule has 0 spiro atoms. The Morgan fingerprint density at radius 2 is 1.74 bits per heavy atom. The summed E-state index contributed by atoms with van der Waals surface area (Å²) in [6.07, 6.45) is 5.68. The van der Waals surface area contributed by atoms with E-state index in [1.807, 2.05) is 18.4 Å². The molecular weight excluding hydrogens is 470 g/mol. The molecule has 3 aromatic rings. The lowest BCUT2D eigenvalue weighted by atomic mass is 10.1. The van der Waals surface area contributed by atoms with Gasteiger partial charge in [0.25, 0.3) is 0 Å². The molecule has 0 saturated heterocycles. The number of anilines is 1. The zero-order valence-electron chi connectivity index (χ0n) is 19.4. The first-order valence-corrected chi connectivity index (χ1v) is 11.8. The van der Waals surface area contributed by atoms with Crippen LogP contribution in [0, 0.1) is 0 Å². The minimum absolute atomic E-state index is 0.0514. The fourth-order valence-corrected chi connectivity index (χ4v) is 3.70. The lowest BCUT2D eigenvalue weighted by Gasteiger charge is -2.16. The quantitative estimate of drug-likeness (QED) is 0.254. The van der Waals surface area contributed by atoms with Gasteiger partial charge in [-0.2, -0.15) is 0 Å². The van der Waals surface area contributed by atoms with E-state index in [4.69, 9.17) is 18.9 Å². The molecule has 10 heteroatoms. The Morgan fingerprint density at radius 3 is 2.46 bits per heavy atom. The lowest BCUT2D eigenvalue weighted by molar-refractivity contribution is -0.116. The fourth-order valence-electron chi connectivity index (χ4n) is 3.29. The number of allylic oxidation sites excluding steroid dienone is 2. The van der Waals surface area contributed by atoms with Crippen LogP contribution in [-0.2, 0) is 14.3 Å². The number of thioether (sulfide) groups is 1. The third-order valence-electron chi connectivity index (χ3n) is 5.05. The molecule has 1 aliphatic rings. The number of nitrogens with one attached hydrogen (secondary N) is 1. The molecule has 35 heavy (non-hydrogen) atoms. The van der Waals surface area contributed by atoms with Gasteiger partial charge in [0, 0.05) is 35.6 Å². The van der Waals surface area contributed by atoms with Gasteiger partial charge in [-0.05, 0) is 36.6 Å². The van der Waals surface area contributed by atoms with Gasteiger partial charge in [0.1, 0.15) is 24.5 Å². The molecule has 1 N–H and O–H groups in total. The molecule has 4 rings (SSSR count). The van der Waals surface area contributed by atoms with E-state index in [0.29, 0.717) is 47.2 Å². The summed E-state index contributed by atoms with van der Waals surface area (Å²) in [4.78, 5) is 35.0. The Labute approximate surface area is 206 Å². The summed E-state index contributed by atoms with van der Waals surface area (Å²) in [5.74, 6) is 0.871. The number of ketones is 2. The summed E-state index contributed by atoms with van der Waals surface area (Å²) < 4.78 is 21.8. The second-order valence-corrected chi connectivity index (χ2v) is 8.16. The molecule has 1 aliphatic carbocycles. The molecule has 180 valence electrons. The van der Waals surface area contributed by atoms with E-state index in [-0.39, 0.29) is 11.5 Å². The van der Waals surface area contributed by atoms with Gasteiger partial charge in [-0.3, -0.25) is 9.59 Å². The highest BCUT2D eigenvalue weighted by atomic mass is 32.2. The van der Waals surface area contributed by atoms with E-state index < -0.39 is 11.6 Å². The van der Waals surface area contributed by atoms with Crippen molar-refractivity contribution in [1.82, 2.24) is 9.97 Å². The van der Waals surface area contributed by atoms with Gasteiger partial charge in [-0.1, -0.05) is 0 Å². The summed E-state index contributed by atoms with van der Waals surface area (Å²) in [6.45, 7) is 0.765. The van der Waals surface area contributed by atoms with Gasteiger partial charge >= 0.3 is 0 Å². The first-order valence-electron chi connectivity index (χ1n) is 10.6. The molecule has 0 saturated carbocycles. The topological polar surface area (TPSA) is 109 Å². The third-order valence-corrected chi connectivity index (χ3v) is 5.80. The van der Waals surface area contributed by atoms with Crippen molar-refractivity contribution < 1.29 is 28.5 Å². The average Bonchev–Trinajstić information content (AvgIpc) is 2.87. The second-order valence-electron chi connectivity index (χ2n) is 7.28. The number of nitrogens with zero attached hydrogens (tertiary/aromatic N) is 2. The van der Waals surface area contributed by atoms with Crippen LogP contribution in [0.5, 0.6) is 17.2 Å². The molecule has 9 nitrogen and oxygen atoms in total. The predicted octanol–water partition coefficient (Wildman–Crippen LogP) is 3.80. The van der Waals surface area contributed by atoms with Gasteiger partial charge in [-0.15, -0.1) is 11.8 Å². The largest absolute Gasteiger partial charge is 0.493 e. The van der Waals surface area contributed by atoms with E-state index in [2.05, 4.69) is 15.3 Å². The smallest absolute Gasteiger partial charge is 0.223 e. The standard InChI is InChI=1S/C25H23N3O6S/c1-31-8-9-33-24-12-18-17(10-23(24)32-2)25(27-14-26-18)28-19-11-21(30)22(13-20(19)29)34-15-4-6-16(35-3)7-5-15/h4-7,10-14H,8-9H2,1-3H3,(H,26,27,28). The van der Waals surface area contributed by atoms with Crippen LogP contribution in [0.3, 0.4) is 0 Å². The number of rotatable bonds is 10. The molecule has 0 bridgehead atoms. The molecule has 0 unspecified atom stereocenters. The first kappa shape index (κ1) is 24.2. The Kier molecular flexibility index (Phi) is 7.64.